The van der Waals surface area contributed by atoms with Crippen molar-refractivity contribution in [3.05, 3.63) is 34.9 Å². The van der Waals surface area contributed by atoms with Crippen LogP contribution in [0.25, 0.3) is 0 Å². The first-order chi connectivity index (χ1) is 8.61. The maximum Gasteiger partial charge on any atom is 0.307 e. The van der Waals surface area contributed by atoms with E-state index in [1.807, 2.05) is 18.2 Å². The van der Waals surface area contributed by atoms with Gasteiger partial charge in [0.05, 0.1) is 13.5 Å². The molecule has 0 heterocycles. The number of halogens is 1. The van der Waals surface area contributed by atoms with E-state index in [1.165, 1.54) is 7.11 Å². The Balaban J connectivity index is 2.23. The third kappa shape index (κ3) is 5.68. The number of carbonyl (C=O) groups is 2. The molecule has 1 aromatic carbocycles. The lowest BCUT2D eigenvalue weighted by Gasteiger charge is -2.04. The van der Waals surface area contributed by atoms with Gasteiger partial charge in [0.25, 0.3) is 0 Å². The van der Waals surface area contributed by atoms with Gasteiger partial charge in [-0.25, -0.2) is 0 Å². The number of hydrogen-bond acceptors (Lipinski definition) is 3. The Kier molecular flexibility index (Phi) is 6.22. The van der Waals surface area contributed by atoms with E-state index in [1.54, 1.807) is 6.07 Å². The summed E-state index contributed by atoms with van der Waals surface area (Å²) in [5, 5.41) is 3.33. The number of ether oxygens (including phenoxy) is 1. The fraction of sp³-hybridized carbons (Fsp3) is 0.385. The molecule has 1 rings (SSSR count). The zero-order chi connectivity index (χ0) is 13.4. The van der Waals surface area contributed by atoms with Gasteiger partial charge in [-0.1, -0.05) is 23.7 Å². The van der Waals surface area contributed by atoms with Crippen LogP contribution in [-0.2, 0) is 20.7 Å². The van der Waals surface area contributed by atoms with Gasteiger partial charge < -0.3 is 10.1 Å². The average molecular weight is 270 g/mol. The summed E-state index contributed by atoms with van der Waals surface area (Å²) in [6, 6.07) is 7.41. The van der Waals surface area contributed by atoms with Crippen LogP contribution >= 0.6 is 11.6 Å². The summed E-state index contributed by atoms with van der Waals surface area (Å²) in [4.78, 5) is 22.3. The molecule has 0 atom stereocenters. The molecule has 0 radical (unpaired) electrons. The lowest BCUT2D eigenvalue weighted by molar-refractivity contribution is -0.140. The summed E-state index contributed by atoms with van der Waals surface area (Å²) in [7, 11) is 1.32. The third-order valence-electron chi connectivity index (χ3n) is 2.41. The third-order valence-corrected chi connectivity index (χ3v) is 2.64. The number of benzene rings is 1. The number of hydrogen-bond donors (Lipinski definition) is 1. The molecule has 0 aromatic heterocycles. The van der Waals surface area contributed by atoms with Crippen molar-refractivity contribution in [2.45, 2.75) is 19.3 Å². The Hall–Kier alpha value is -1.55. The molecule has 0 saturated heterocycles. The molecule has 18 heavy (non-hydrogen) atoms. The molecule has 0 aliphatic carbocycles. The van der Waals surface area contributed by atoms with Crippen LogP contribution in [-0.4, -0.2) is 25.5 Å². The first kappa shape index (κ1) is 14.5. The quantitative estimate of drug-likeness (QED) is 0.803. The molecule has 0 bridgehead atoms. The standard InChI is InChI=1S/C13H16ClNO3/c1-18-13(17)7-8-15-12(16)6-5-10-3-2-4-11(14)9-10/h2-4,9H,5-8H2,1H3,(H,15,16). The maximum absolute atomic E-state index is 11.5. The van der Waals surface area contributed by atoms with Crippen molar-refractivity contribution in [2.24, 2.45) is 0 Å². The SMILES string of the molecule is COC(=O)CCNC(=O)CCc1cccc(Cl)c1. The van der Waals surface area contributed by atoms with Gasteiger partial charge in [-0.3, -0.25) is 9.59 Å². The van der Waals surface area contributed by atoms with Crippen molar-refractivity contribution in [2.75, 3.05) is 13.7 Å². The summed E-state index contributed by atoms with van der Waals surface area (Å²) < 4.78 is 4.47. The highest BCUT2D eigenvalue weighted by molar-refractivity contribution is 6.30. The molecule has 1 aromatic rings. The Morgan fingerprint density at radius 3 is 2.78 bits per heavy atom. The van der Waals surface area contributed by atoms with E-state index in [0.29, 0.717) is 24.4 Å². The molecule has 0 spiro atoms. The van der Waals surface area contributed by atoms with Crippen molar-refractivity contribution >= 4 is 23.5 Å². The van der Waals surface area contributed by atoms with Crippen molar-refractivity contribution in [1.29, 1.82) is 0 Å². The highest BCUT2D eigenvalue weighted by atomic mass is 35.5. The second-order valence-corrected chi connectivity index (χ2v) is 4.24. The molecule has 0 aliphatic heterocycles. The molecule has 98 valence electrons. The fourth-order valence-corrected chi connectivity index (χ4v) is 1.66. The molecular weight excluding hydrogens is 254 g/mol. The van der Waals surface area contributed by atoms with Gasteiger partial charge in [0, 0.05) is 18.0 Å². The number of rotatable bonds is 6. The van der Waals surface area contributed by atoms with Crippen molar-refractivity contribution in [1.82, 2.24) is 5.32 Å². The average Bonchev–Trinajstić information content (AvgIpc) is 2.36. The normalized spacial score (nSPS) is 9.89. The Morgan fingerprint density at radius 2 is 2.11 bits per heavy atom. The summed E-state index contributed by atoms with van der Waals surface area (Å²) >= 11 is 5.84. The summed E-state index contributed by atoms with van der Waals surface area (Å²) in [6.07, 6.45) is 1.20. The first-order valence-electron chi connectivity index (χ1n) is 5.70. The van der Waals surface area contributed by atoms with E-state index < -0.39 is 0 Å². The van der Waals surface area contributed by atoms with E-state index in [2.05, 4.69) is 10.1 Å². The van der Waals surface area contributed by atoms with Gasteiger partial charge in [-0.2, -0.15) is 0 Å². The van der Waals surface area contributed by atoms with E-state index >= 15 is 0 Å². The minimum absolute atomic E-state index is 0.0844. The second kappa shape index (κ2) is 7.71. The van der Waals surface area contributed by atoms with Crippen molar-refractivity contribution < 1.29 is 14.3 Å². The lowest BCUT2D eigenvalue weighted by atomic mass is 10.1. The fourth-order valence-electron chi connectivity index (χ4n) is 1.44. The molecular formula is C13H16ClNO3. The molecule has 0 unspecified atom stereocenters. The maximum atomic E-state index is 11.5. The Morgan fingerprint density at radius 1 is 1.33 bits per heavy atom. The van der Waals surface area contributed by atoms with Crippen LogP contribution < -0.4 is 5.32 Å². The van der Waals surface area contributed by atoms with E-state index in [-0.39, 0.29) is 18.3 Å². The van der Waals surface area contributed by atoms with Crippen LogP contribution in [0.4, 0.5) is 0 Å². The zero-order valence-corrected chi connectivity index (χ0v) is 11.0. The number of carbonyl (C=O) groups excluding carboxylic acids is 2. The minimum Gasteiger partial charge on any atom is -0.469 e. The number of amides is 1. The zero-order valence-electron chi connectivity index (χ0n) is 10.2. The van der Waals surface area contributed by atoms with Crippen LogP contribution in [0.2, 0.25) is 5.02 Å². The second-order valence-electron chi connectivity index (χ2n) is 3.81. The van der Waals surface area contributed by atoms with Gasteiger partial charge >= 0.3 is 5.97 Å². The van der Waals surface area contributed by atoms with Crippen molar-refractivity contribution in [3.8, 4) is 0 Å². The monoisotopic (exact) mass is 269 g/mol. The topological polar surface area (TPSA) is 55.4 Å². The lowest BCUT2D eigenvalue weighted by Crippen LogP contribution is -2.26. The van der Waals surface area contributed by atoms with Gasteiger partial charge in [-0.15, -0.1) is 0 Å². The number of nitrogens with one attached hydrogen (secondary N) is 1. The minimum atomic E-state index is -0.329. The summed E-state index contributed by atoms with van der Waals surface area (Å²) in [5.74, 6) is -0.413. The first-order valence-corrected chi connectivity index (χ1v) is 6.07. The van der Waals surface area contributed by atoms with Crippen LogP contribution in [0.15, 0.2) is 24.3 Å². The van der Waals surface area contributed by atoms with Crippen LogP contribution in [0.1, 0.15) is 18.4 Å². The highest BCUT2D eigenvalue weighted by Crippen LogP contribution is 2.11. The molecule has 1 N–H and O–H groups in total. The molecule has 1 amide bonds. The Bertz CT molecular complexity index is 420. The number of aryl methyl sites for hydroxylation is 1. The molecule has 5 heteroatoms. The van der Waals surface area contributed by atoms with Crippen LogP contribution in [0, 0.1) is 0 Å². The van der Waals surface area contributed by atoms with Gasteiger partial charge in [-0.05, 0) is 24.1 Å². The Labute approximate surface area is 111 Å². The predicted octanol–water partition coefficient (Wildman–Crippen LogP) is 1.95. The van der Waals surface area contributed by atoms with Crippen LogP contribution in [0.5, 0.6) is 0 Å². The molecule has 4 nitrogen and oxygen atoms in total. The summed E-state index contributed by atoms with van der Waals surface area (Å²) in [6.45, 7) is 0.307. The predicted molar refractivity (Wildman–Crippen MR) is 69.4 cm³/mol. The number of methoxy groups -OCH3 is 1. The van der Waals surface area contributed by atoms with E-state index in [0.717, 1.165) is 5.56 Å². The number of esters is 1. The smallest absolute Gasteiger partial charge is 0.307 e. The van der Waals surface area contributed by atoms with E-state index in [4.69, 9.17) is 11.6 Å². The van der Waals surface area contributed by atoms with Crippen molar-refractivity contribution in [3.63, 3.8) is 0 Å². The molecule has 0 fully saturated rings. The molecule has 0 saturated carbocycles. The van der Waals surface area contributed by atoms with Gasteiger partial charge in [0.1, 0.15) is 0 Å². The highest BCUT2D eigenvalue weighted by Gasteiger charge is 2.04. The molecule has 0 aliphatic rings. The van der Waals surface area contributed by atoms with E-state index in [9.17, 15) is 9.59 Å². The largest absolute Gasteiger partial charge is 0.469 e. The van der Waals surface area contributed by atoms with Crippen LogP contribution in [0.3, 0.4) is 0 Å². The summed E-state index contributed by atoms with van der Waals surface area (Å²) in [5.41, 5.74) is 1.02. The van der Waals surface area contributed by atoms with Gasteiger partial charge in [0.15, 0.2) is 0 Å². The van der Waals surface area contributed by atoms with Gasteiger partial charge in [0.2, 0.25) is 5.91 Å².